The summed E-state index contributed by atoms with van der Waals surface area (Å²) < 4.78 is 5.24. The van der Waals surface area contributed by atoms with Gasteiger partial charge in [-0.2, -0.15) is 5.26 Å². The minimum Gasteiger partial charge on any atom is -0.507 e. The number of para-hydroxylation sites is 3. The molecular formula is C16H14N2O3. The molecule has 0 bridgehead atoms. The van der Waals surface area contributed by atoms with Crippen LogP contribution in [0, 0.1) is 18.3 Å². The normalized spacial score (nSPS) is 9.71. The molecule has 5 nitrogen and oxygen atoms in total. The van der Waals surface area contributed by atoms with Crippen molar-refractivity contribution in [2.45, 2.75) is 6.92 Å². The van der Waals surface area contributed by atoms with Gasteiger partial charge in [-0.3, -0.25) is 4.79 Å². The number of phenols is 1. The number of benzene rings is 2. The maximum absolute atomic E-state index is 12.2. The van der Waals surface area contributed by atoms with Gasteiger partial charge in [0.15, 0.2) is 6.61 Å². The van der Waals surface area contributed by atoms with Crippen molar-refractivity contribution in [1.82, 2.24) is 0 Å². The quantitative estimate of drug-likeness (QED) is 0.903. The molecule has 106 valence electrons. The minimum atomic E-state index is -0.441. The summed E-state index contributed by atoms with van der Waals surface area (Å²) in [5.74, 6) is -0.0887. The number of amides is 1. The summed E-state index contributed by atoms with van der Waals surface area (Å²) in [5.41, 5.74) is 1.25. The number of aryl methyl sites for hydroxylation is 1. The zero-order valence-electron chi connectivity index (χ0n) is 11.5. The van der Waals surface area contributed by atoms with Gasteiger partial charge >= 0.3 is 0 Å². The lowest BCUT2D eigenvalue weighted by Gasteiger charge is -2.11. The van der Waals surface area contributed by atoms with Gasteiger partial charge in [0, 0.05) is 0 Å². The van der Waals surface area contributed by atoms with Gasteiger partial charge in [0.1, 0.15) is 17.6 Å². The van der Waals surface area contributed by atoms with Crippen LogP contribution in [0.5, 0.6) is 11.5 Å². The lowest BCUT2D eigenvalue weighted by molar-refractivity contribution is 0.102. The van der Waals surface area contributed by atoms with Crippen LogP contribution in [0.4, 0.5) is 5.69 Å². The molecule has 0 aromatic heterocycles. The van der Waals surface area contributed by atoms with Gasteiger partial charge in [-0.1, -0.05) is 24.3 Å². The van der Waals surface area contributed by atoms with Crippen molar-refractivity contribution >= 4 is 11.6 Å². The summed E-state index contributed by atoms with van der Waals surface area (Å²) in [6, 6.07) is 13.6. The fraction of sp³-hybridized carbons (Fsp3) is 0.125. The lowest BCUT2D eigenvalue weighted by Crippen LogP contribution is -2.13. The Bertz CT molecular complexity index is 705. The van der Waals surface area contributed by atoms with E-state index in [-0.39, 0.29) is 17.9 Å². The van der Waals surface area contributed by atoms with E-state index >= 15 is 0 Å². The van der Waals surface area contributed by atoms with Crippen molar-refractivity contribution < 1.29 is 14.6 Å². The van der Waals surface area contributed by atoms with E-state index in [1.165, 1.54) is 6.07 Å². The zero-order valence-corrected chi connectivity index (χ0v) is 11.5. The molecule has 0 atom stereocenters. The highest BCUT2D eigenvalue weighted by Gasteiger charge is 2.14. The second kappa shape index (κ2) is 6.44. The highest BCUT2D eigenvalue weighted by molar-refractivity contribution is 6.07. The molecule has 0 saturated carbocycles. The Labute approximate surface area is 122 Å². The maximum Gasteiger partial charge on any atom is 0.259 e. The van der Waals surface area contributed by atoms with Crippen LogP contribution in [0.2, 0.25) is 0 Å². The van der Waals surface area contributed by atoms with E-state index in [9.17, 15) is 9.90 Å². The maximum atomic E-state index is 12.2. The first-order valence-corrected chi connectivity index (χ1v) is 6.32. The topological polar surface area (TPSA) is 82.3 Å². The second-order valence-corrected chi connectivity index (χ2v) is 4.37. The molecule has 0 aliphatic carbocycles. The van der Waals surface area contributed by atoms with Gasteiger partial charge < -0.3 is 15.2 Å². The van der Waals surface area contributed by atoms with Crippen molar-refractivity contribution in [2.24, 2.45) is 0 Å². The Balaban J connectivity index is 2.24. The average molecular weight is 282 g/mol. The van der Waals surface area contributed by atoms with E-state index in [0.717, 1.165) is 0 Å². The van der Waals surface area contributed by atoms with Crippen LogP contribution in [-0.4, -0.2) is 17.6 Å². The van der Waals surface area contributed by atoms with Gasteiger partial charge in [0.05, 0.1) is 11.3 Å². The smallest absolute Gasteiger partial charge is 0.259 e. The number of rotatable bonds is 4. The van der Waals surface area contributed by atoms with Crippen LogP contribution < -0.4 is 10.1 Å². The van der Waals surface area contributed by atoms with Gasteiger partial charge in [-0.15, -0.1) is 0 Å². The molecule has 0 fully saturated rings. The average Bonchev–Trinajstić information content (AvgIpc) is 2.49. The van der Waals surface area contributed by atoms with E-state index in [1.807, 2.05) is 6.07 Å². The number of hydrogen-bond acceptors (Lipinski definition) is 4. The minimum absolute atomic E-state index is 0.0505. The van der Waals surface area contributed by atoms with Crippen LogP contribution in [0.1, 0.15) is 15.9 Å². The number of anilines is 1. The van der Waals surface area contributed by atoms with E-state index in [0.29, 0.717) is 17.0 Å². The van der Waals surface area contributed by atoms with Gasteiger partial charge in [-0.25, -0.2) is 0 Å². The predicted octanol–water partition coefficient (Wildman–Crippen LogP) is 2.86. The first-order valence-electron chi connectivity index (χ1n) is 6.32. The predicted molar refractivity (Wildman–Crippen MR) is 78.3 cm³/mol. The van der Waals surface area contributed by atoms with Crippen LogP contribution >= 0.6 is 0 Å². The third-order valence-electron chi connectivity index (χ3n) is 2.91. The Morgan fingerprint density at radius 3 is 2.81 bits per heavy atom. The van der Waals surface area contributed by atoms with Crippen molar-refractivity contribution in [3.05, 3.63) is 53.6 Å². The number of phenolic OH excluding ortho intramolecular Hbond substituents is 1. The molecule has 2 rings (SSSR count). The Hall–Kier alpha value is -3.00. The van der Waals surface area contributed by atoms with Crippen molar-refractivity contribution in [2.75, 3.05) is 11.9 Å². The summed E-state index contributed by atoms with van der Waals surface area (Å²) in [4.78, 5) is 12.2. The van der Waals surface area contributed by atoms with Crippen molar-refractivity contribution in [3.63, 3.8) is 0 Å². The molecule has 2 aromatic carbocycles. The molecule has 5 heteroatoms. The van der Waals surface area contributed by atoms with Crippen LogP contribution in [-0.2, 0) is 0 Å². The standard InChI is InChI=1S/C16H14N2O3/c1-11-5-4-6-12(15(11)19)16(20)18-13-7-2-3-8-14(13)21-10-9-17/h2-8,19H,10H2,1H3,(H,18,20). The van der Waals surface area contributed by atoms with Gasteiger partial charge in [-0.05, 0) is 30.7 Å². The molecule has 0 heterocycles. The summed E-state index contributed by atoms with van der Waals surface area (Å²) >= 11 is 0. The fourth-order valence-corrected chi connectivity index (χ4v) is 1.84. The number of carbonyl (C=O) groups is 1. The van der Waals surface area contributed by atoms with Crippen LogP contribution in [0.25, 0.3) is 0 Å². The Kier molecular flexibility index (Phi) is 4.42. The number of nitrogens with one attached hydrogen (secondary N) is 1. The van der Waals surface area contributed by atoms with E-state index in [4.69, 9.17) is 10.00 Å². The molecule has 21 heavy (non-hydrogen) atoms. The Morgan fingerprint density at radius 1 is 1.29 bits per heavy atom. The summed E-state index contributed by atoms with van der Waals surface area (Å²) in [6.45, 7) is 1.61. The monoisotopic (exact) mass is 282 g/mol. The molecule has 2 N–H and O–H groups in total. The lowest BCUT2D eigenvalue weighted by atomic mass is 10.1. The summed E-state index contributed by atoms with van der Waals surface area (Å²) in [6.07, 6.45) is 0. The molecule has 1 amide bonds. The first kappa shape index (κ1) is 14.4. The van der Waals surface area contributed by atoms with E-state index in [1.54, 1.807) is 43.3 Å². The molecule has 2 aromatic rings. The van der Waals surface area contributed by atoms with E-state index < -0.39 is 5.91 Å². The molecule has 0 unspecified atom stereocenters. The van der Waals surface area contributed by atoms with Crippen LogP contribution in [0.3, 0.4) is 0 Å². The number of carbonyl (C=O) groups excluding carboxylic acids is 1. The molecule has 0 aliphatic rings. The highest BCUT2D eigenvalue weighted by atomic mass is 16.5. The van der Waals surface area contributed by atoms with Crippen molar-refractivity contribution in [1.29, 1.82) is 5.26 Å². The number of aromatic hydroxyl groups is 1. The van der Waals surface area contributed by atoms with Crippen molar-refractivity contribution in [3.8, 4) is 17.6 Å². The fourth-order valence-electron chi connectivity index (χ4n) is 1.84. The number of nitrogens with zero attached hydrogens (tertiary/aromatic N) is 1. The first-order chi connectivity index (χ1) is 10.1. The number of nitriles is 1. The van der Waals surface area contributed by atoms with Crippen LogP contribution in [0.15, 0.2) is 42.5 Å². The van der Waals surface area contributed by atoms with Gasteiger partial charge in [0.25, 0.3) is 5.91 Å². The summed E-state index contributed by atoms with van der Waals surface area (Å²) in [7, 11) is 0. The number of hydrogen-bond donors (Lipinski definition) is 2. The third-order valence-corrected chi connectivity index (χ3v) is 2.91. The molecular weight excluding hydrogens is 268 g/mol. The highest BCUT2D eigenvalue weighted by Crippen LogP contribution is 2.27. The molecule has 0 aliphatic heterocycles. The zero-order chi connectivity index (χ0) is 15.2. The molecule has 0 radical (unpaired) electrons. The SMILES string of the molecule is Cc1cccc(C(=O)Nc2ccccc2OCC#N)c1O. The Morgan fingerprint density at radius 2 is 2.05 bits per heavy atom. The molecule has 0 spiro atoms. The largest absolute Gasteiger partial charge is 0.507 e. The molecule has 0 saturated heterocycles. The third kappa shape index (κ3) is 3.31. The number of ether oxygens (including phenoxy) is 1. The van der Waals surface area contributed by atoms with Gasteiger partial charge in [0.2, 0.25) is 0 Å². The summed E-state index contributed by atoms with van der Waals surface area (Å²) in [5, 5.41) is 21.1. The van der Waals surface area contributed by atoms with E-state index in [2.05, 4.69) is 5.32 Å². The second-order valence-electron chi connectivity index (χ2n) is 4.37.